The minimum absolute atomic E-state index is 0.706. The fourth-order valence-electron chi connectivity index (χ4n) is 2.35. The molecule has 3 unspecified atom stereocenters. The number of nitrogens with zero attached hydrogens (tertiary/aromatic N) is 1. The van der Waals surface area contributed by atoms with Crippen LogP contribution < -0.4 is 5.32 Å². The molecule has 17 heavy (non-hydrogen) atoms. The van der Waals surface area contributed by atoms with Gasteiger partial charge in [-0.25, -0.2) is 0 Å². The summed E-state index contributed by atoms with van der Waals surface area (Å²) in [7, 11) is 0. The number of rotatable bonds is 6. The lowest BCUT2D eigenvalue weighted by molar-refractivity contribution is 0.166. The lowest BCUT2D eigenvalue weighted by atomic mass is 10.0. The quantitative estimate of drug-likeness (QED) is 0.788. The van der Waals surface area contributed by atoms with Crippen molar-refractivity contribution in [3.8, 4) is 0 Å². The van der Waals surface area contributed by atoms with E-state index in [0.717, 1.165) is 30.2 Å². The number of hydrogen-bond acceptors (Lipinski definition) is 3. The maximum Gasteiger partial charge on any atom is 0.0147 e. The van der Waals surface area contributed by atoms with Crippen LogP contribution >= 0.6 is 11.8 Å². The van der Waals surface area contributed by atoms with Crippen molar-refractivity contribution in [2.24, 2.45) is 11.8 Å². The molecule has 1 fully saturated rings. The third kappa shape index (κ3) is 5.62. The van der Waals surface area contributed by atoms with Gasteiger partial charge in [0, 0.05) is 30.1 Å². The molecule has 0 aliphatic carbocycles. The average Bonchev–Trinajstić information content (AvgIpc) is 2.27. The SMILES string of the molecule is CC(C)CNCC(C)C(C)N1CCSC(C)C1. The first-order chi connectivity index (χ1) is 8.00. The minimum Gasteiger partial charge on any atom is -0.316 e. The van der Waals surface area contributed by atoms with Crippen LogP contribution in [0.5, 0.6) is 0 Å². The topological polar surface area (TPSA) is 15.3 Å². The van der Waals surface area contributed by atoms with Crippen LogP contribution in [0.1, 0.15) is 34.6 Å². The molecular formula is C14H30N2S. The van der Waals surface area contributed by atoms with E-state index in [0.29, 0.717) is 6.04 Å². The Bertz CT molecular complexity index is 208. The van der Waals surface area contributed by atoms with Crippen LogP contribution in [-0.4, -0.2) is 48.1 Å². The summed E-state index contributed by atoms with van der Waals surface area (Å²) in [4.78, 5) is 2.67. The van der Waals surface area contributed by atoms with E-state index in [2.05, 4.69) is 56.6 Å². The molecule has 0 aromatic carbocycles. The van der Waals surface area contributed by atoms with E-state index < -0.39 is 0 Å². The molecular weight excluding hydrogens is 228 g/mol. The molecule has 1 heterocycles. The van der Waals surface area contributed by atoms with Crippen LogP contribution in [0.3, 0.4) is 0 Å². The molecule has 1 aliphatic rings. The summed E-state index contributed by atoms with van der Waals surface area (Å²) >= 11 is 2.12. The van der Waals surface area contributed by atoms with E-state index in [9.17, 15) is 0 Å². The van der Waals surface area contributed by atoms with Crippen molar-refractivity contribution in [3.05, 3.63) is 0 Å². The molecule has 0 saturated carbocycles. The van der Waals surface area contributed by atoms with Crippen molar-refractivity contribution in [1.29, 1.82) is 0 Å². The van der Waals surface area contributed by atoms with E-state index >= 15 is 0 Å². The highest BCUT2D eigenvalue weighted by Crippen LogP contribution is 2.21. The molecule has 1 saturated heterocycles. The lowest BCUT2D eigenvalue weighted by Gasteiger charge is -2.38. The molecule has 0 aromatic heterocycles. The highest BCUT2D eigenvalue weighted by atomic mass is 32.2. The van der Waals surface area contributed by atoms with Gasteiger partial charge in [0.2, 0.25) is 0 Å². The summed E-state index contributed by atoms with van der Waals surface area (Å²) in [5.74, 6) is 2.80. The van der Waals surface area contributed by atoms with Crippen LogP contribution in [0.4, 0.5) is 0 Å². The normalized spacial score (nSPS) is 26.1. The third-order valence-corrected chi connectivity index (χ3v) is 4.83. The van der Waals surface area contributed by atoms with Gasteiger partial charge in [-0.15, -0.1) is 0 Å². The Hall–Kier alpha value is 0.270. The van der Waals surface area contributed by atoms with Gasteiger partial charge in [-0.05, 0) is 31.8 Å². The van der Waals surface area contributed by atoms with Gasteiger partial charge < -0.3 is 5.32 Å². The van der Waals surface area contributed by atoms with Crippen molar-refractivity contribution < 1.29 is 0 Å². The monoisotopic (exact) mass is 258 g/mol. The van der Waals surface area contributed by atoms with Crippen molar-refractivity contribution >= 4 is 11.8 Å². The van der Waals surface area contributed by atoms with Crippen molar-refractivity contribution in [1.82, 2.24) is 10.2 Å². The average molecular weight is 258 g/mol. The fraction of sp³-hybridized carbons (Fsp3) is 1.00. The predicted octanol–water partition coefficient (Wildman–Crippen LogP) is 2.69. The van der Waals surface area contributed by atoms with E-state index in [1.165, 1.54) is 18.8 Å². The summed E-state index contributed by atoms with van der Waals surface area (Å²) in [6.07, 6.45) is 0. The molecule has 102 valence electrons. The predicted molar refractivity (Wildman–Crippen MR) is 79.8 cm³/mol. The molecule has 1 aliphatic heterocycles. The Labute approximate surface area is 112 Å². The fourth-order valence-corrected chi connectivity index (χ4v) is 3.38. The highest BCUT2D eigenvalue weighted by molar-refractivity contribution is 7.99. The smallest absolute Gasteiger partial charge is 0.0147 e. The molecule has 1 N–H and O–H groups in total. The largest absolute Gasteiger partial charge is 0.316 e. The Balaban J connectivity index is 2.27. The Kier molecular flexibility index (Phi) is 6.90. The molecule has 0 spiro atoms. The second-order valence-corrected chi connectivity index (χ2v) is 7.49. The van der Waals surface area contributed by atoms with Crippen molar-refractivity contribution in [2.45, 2.75) is 45.9 Å². The number of nitrogens with one attached hydrogen (secondary N) is 1. The van der Waals surface area contributed by atoms with Gasteiger partial charge >= 0.3 is 0 Å². The molecule has 1 rings (SSSR count). The van der Waals surface area contributed by atoms with Gasteiger partial charge in [0.1, 0.15) is 0 Å². The minimum atomic E-state index is 0.706. The zero-order chi connectivity index (χ0) is 12.8. The number of hydrogen-bond donors (Lipinski definition) is 1. The highest BCUT2D eigenvalue weighted by Gasteiger charge is 2.24. The molecule has 2 nitrogen and oxygen atoms in total. The first kappa shape index (κ1) is 15.3. The molecule has 0 aromatic rings. The zero-order valence-electron chi connectivity index (χ0n) is 12.2. The third-order valence-electron chi connectivity index (χ3n) is 3.69. The van der Waals surface area contributed by atoms with Gasteiger partial charge in [-0.1, -0.05) is 27.7 Å². The van der Waals surface area contributed by atoms with Gasteiger partial charge in [-0.2, -0.15) is 11.8 Å². The van der Waals surface area contributed by atoms with Gasteiger partial charge in [0.15, 0.2) is 0 Å². The Morgan fingerprint density at radius 3 is 2.53 bits per heavy atom. The first-order valence-corrected chi connectivity index (χ1v) is 8.12. The Morgan fingerprint density at radius 2 is 1.94 bits per heavy atom. The summed E-state index contributed by atoms with van der Waals surface area (Å²) < 4.78 is 0. The van der Waals surface area contributed by atoms with Crippen molar-refractivity contribution in [3.63, 3.8) is 0 Å². The summed E-state index contributed by atoms with van der Waals surface area (Å²) in [5, 5.41) is 4.39. The van der Waals surface area contributed by atoms with Crippen LogP contribution in [0.15, 0.2) is 0 Å². The van der Waals surface area contributed by atoms with E-state index in [-0.39, 0.29) is 0 Å². The number of thioether (sulfide) groups is 1. The second kappa shape index (κ2) is 7.65. The molecule has 0 bridgehead atoms. The summed E-state index contributed by atoms with van der Waals surface area (Å²) in [5.41, 5.74) is 0. The van der Waals surface area contributed by atoms with Gasteiger partial charge in [0.25, 0.3) is 0 Å². The molecule has 0 amide bonds. The van der Waals surface area contributed by atoms with Gasteiger partial charge in [0.05, 0.1) is 0 Å². The lowest BCUT2D eigenvalue weighted by Crippen LogP contribution is -2.47. The van der Waals surface area contributed by atoms with Gasteiger partial charge in [-0.3, -0.25) is 4.90 Å². The molecule has 0 radical (unpaired) electrons. The van der Waals surface area contributed by atoms with Crippen LogP contribution in [0.25, 0.3) is 0 Å². The Morgan fingerprint density at radius 1 is 1.24 bits per heavy atom. The maximum absolute atomic E-state index is 3.58. The standard InChI is InChI=1S/C14H30N2S/c1-11(2)8-15-9-12(3)14(5)16-6-7-17-13(4)10-16/h11-15H,6-10H2,1-5H3. The summed E-state index contributed by atoms with van der Waals surface area (Å²) in [6, 6.07) is 0.706. The van der Waals surface area contributed by atoms with Crippen molar-refractivity contribution in [2.75, 3.05) is 31.9 Å². The van der Waals surface area contributed by atoms with E-state index in [1.807, 2.05) is 0 Å². The first-order valence-electron chi connectivity index (χ1n) is 7.07. The van der Waals surface area contributed by atoms with Crippen LogP contribution in [-0.2, 0) is 0 Å². The summed E-state index contributed by atoms with van der Waals surface area (Å²) in [6.45, 7) is 16.5. The second-order valence-electron chi connectivity index (χ2n) is 5.95. The maximum atomic E-state index is 3.58. The molecule has 3 atom stereocenters. The van der Waals surface area contributed by atoms with E-state index in [4.69, 9.17) is 0 Å². The molecule has 3 heteroatoms. The van der Waals surface area contributed by atoms with E-state index in [1.54, 1.807) is 0 Å². The van der Waals surface area contributed by atoms with Crippen LogP contribution in [0.2, 0.25) is 0 Å². The zero-order valence-corrected chi connectivity index (χ0v) is 13.0. The van der Waals surface area contributed by atoms with Crippen LogP contribution in [0, 0.1) is 11.8 Å².